The molecule has 0 unspecified atom stereocenters. The van der Waals surface area contributed by atoms with E-state index >= 15 is 0 Å². The quantitative estimate of drug-likeness (QED) is 0.663. The molecular weight excluding hydrogens is 355 g/mol. The van der Waals surface area contributed by atoms with Gasteiger partial charge in [-0.2, -0.15) is 0 Å². The summed E-state index contributed by atoms with van der Waals surface area (Å²) in [4.78, 5) is 37.8. The van der Waals surface area contributed by atoms with Gasteiger partial charge in [0.2, 0.25) is 6.79 Å². The van der Waals surface area contributed by atoms with Gasteiger partial charge in [0.1, 0.15) is 11.4 Å². The summed E-state index contributed by atoms with van der Waals surface area (Å²) in [7, 11) is 0. The first-order valence-electron chi connectivity index (χ1n) is 8.04. The number of hydrogen-bond acceptors (Lipinski definition) is 5. The van der Waals surface area contributed by atoms with Crippen molar-refractivity contribution in [1.29, 1.82) is 0 Å². The second kappa shape index (κ2) is 6.56. The summed E-state index contributed by atoms with van der Waals surface area (Å²) in [6.45, 7) is 0.0193. The van der Waals surface area contributed by atoms with Crippen LogP contribution in [0, 0.1) is 5.82 Å². The van der Waals surface area contributed by atoms with Crippen molar-refractivity contribution in [3.8, 4) is 11.5 Å². The fourth-order valence-electron chi connectivity index (χ4n) is 2.78. The summed E-state index contributed by atoms with van der Waals surface area (Å²) in [5.74, 6) is -0.854. The molecule has 0 aliphatic carbocycles. The summed E-state index contributed by atoms with van der Waals surface area (Å²) < 4.78 is 23.5. The van der Waals surface area contributed by atoms with E-state index in [9.17, 15) is 18.8 Å². The van der Waals surface area contributed by atoms with Crippen molar-refractivity contribution in [2.45, 2.75) is 6.54 Å². The maximum Gasteiger partial charge on any atom is 0.331 e. The fourth-order valence-corrected chi connectivity index (χ4v) is 2.78. The van der Waals surface area contributed by atoms with E-state index in [1.165, 1.54) is 30.3 Å². The van der Waals surface area contributed by atoms with Crippen LogP contribution in [0.1, 0.15) is 11.1 Å². The highest BCUT2D eigenvalue weighted by molar-refractivity contribution is 6.30. The smallest absolute Gasteiger partial charge is 0.331 e. The molecule has 1 saturated heterocycles. The van der Waals surface area contributed by atoms with Crippen molar-refractivity contribution in [3.63, 3.8) is 0 Å². The Morgan fingerprint density at radius 2 is 1.78 bits per heavy atom. The minimum atomic E-state index is -0.822. The number of fused-ring (bicyclic) bond motifs is 1. The highest BCUT2D eigenvalue weighted by Crippen LogP contribution is 2.33. The molecule has 136 valence electrons. The van der Waals surface area contributed by atoms with Gasteiger partial charge < -0.3 is 9.47 Å². The van der Waals surface area contributed by atoms with Crippen molar-refractivity contribution in [2.24, 2.45) is 0 Å². The van der Waals surface area contributed by atoms with Gasteiger partial charge in [0.25, 0.3) is 11.8 Å². The van der Waals surface area contributed by atoms with Gasteiger partial charge >= 0.3 is 6.03 Å². The lowest BCUT2D eigenvalue weighted by Crippen LogP contribution is -2.53. The lowest BCUT2D eigenvalue weighted by Gasteiger charge is -2.26. The Hall–Kier alpha value is -3.68. The Morgan fingerprint density at radius 1 is 1.04 bits per heavy atom. The van der Waals surface area contributed by atoms with Gasteiger partial charge in [-0.15, -0.1) is 0 Å². The summed E-state index contributed by atoms with van der Waals surface area (Å²) in [5, 5.41) is 2.14. The van der Waals surface area contributed by atoms with Gasteiger partial charge in [0.15, 0.2) is 11.5 Å². The number of carbonyl (C=O) groups is 3. The van der Waals surface area contributed by atoms with Crippen molar-refractivity contribution >= 4 is 23.9 Å². The number of barbiturate groups is 1. The molecule has 0 spiro atoms. The average Bonchev–Trinajstić information content (AvgIpc) is 3.11. The van der Waals surface area contributed by atoms with Crippen molar-refractivity contribution in [2.75, 3.05) is 6.79 Å². The standard InChI is InChI=1S/C19H13FN2O5/c20-13-4-1-11(2-5-13)9-22-18(24)14(17(23)21-19(22)25)7-12-3-6-15-16(8-12)27-10-26-15/h1-8H,9-10H2,(H,21,23,25)/b14-7-. The number of benzene rings is 2. The number of urea groups is 1. The van der Waals surface area contributed by atoms with E-state index in [1.807, 2.05) is 0 Å². The van der Waals surface area contributed by atoms with Gasteiger partial charge in [-0.05, 0) is 41.5 Å². The van der Waals surface area contributed by atoms with E-state index in [-0.39, 0.29) is 18.9 Å². The minimum Gasteiger partial charge on any atom is -0.454 e. The molecule has 1 fully saturated rings. The average molecular weight is 368 g/mol. The number of ether oxygens (including phenoxy) is 2. The molecule has 8 heteroatoms. The van der Waals surface area contributed by atoms with Crippen LogP contribution in [0.4, 0.5) is 9.18 Å². The van der Waals surface area contributed by atoms with Crippen LogP contribution >= 0.6 is 0 Å². The number of nitrogens with zero attached hydrogens (tertiary/aromatic N) is 1. The first kappa shape index (κ1) is 16.8. The first-order valence-corrected chi connectivity index (χ1v) is 8.04. The lowest BCUT2D eigenvalue weighted by atomic mass is 10.1. The van der Waals surface area contributed by atoms with Crippen LogP contribution in [-0.4, -0.2) is 29.5 Å². The molecular formula is C19H13FN2O5. The van der Waals surface area contributed by atoms with Crippen LogP contribution in [0.15, 0.2) is 48.0 Å². The maximum absolute atomic E-state index is 13.0. The molecule has 4 rings (SSSR count). The fraction of sp³-hybridized carbons (Fsp3) is 0.105. The number of carbonyl (C=O) groups excluding carboxylic acids is 3. The Labute approximate surface area is 153 Å². The highest BCUT2D eigenvalue weighted by Gasteiger charge is 2.35. The largest absolute Gasteiger partial charge is 0.454 e. The Morgan fingerprint density at radius 3 is 2.56 bits per heavy atom. The highest BCUT2D eigenvalue weighted by atomic mass is 19.1. The number of amides is 4. The topological polar surface area (TPSA) is 84.9 Å². The summed E-state index contributed by atoms with van der Waals surface area (Å²) in [5.41, 5.74) is 0.918. The zero-order valence-corrected chi connectivity index (χ0v) is 13.9. The van der Waals surface area contributed by atoms with Gasteiger partial charge in [0.05, 0.1) is 6.54 Å². The number of halogens is 1. The van der Waals surface area contributed by atoms with Crippen LogP contribution in [0.3, 0.4) is 0 Å². The second-order valence-corrected chi connectivity index (χ2v) is 5.95. The lowest BCUT2D eigenvalue weighted by molar-refractivity contribution is -0.130. The molecule has 2 aliphatic rings. The summed E-state index contributed by atoms with van der Waals surface area (Å²) >= 11 is 0. The van der Waals surface area contributed by atoms with Crippen molar-refractivity contribution < 1.29 is 28.2 Å². The molecule has 2 aromatic rings. The Balaban J connectivity index is 1.62. The molecule has 0 aromatic heterocycles. The molecule has 4 amide bonds. The Bertz CT molecular complexity index is 984. The third-order valence-corrected chi connectivity index (χ3v) is 4.15. The van der Waals surface area contributed by atoms with Crippen molar-refractivity contribution in [3.05, 3.63) is 65.0 Å². The van der Waals surface area contributed by atoms with Gasteiger partial charge in [-0.1, -0.05) is 18.2 Å². The SMILES string of the molecule is O=C1NC(=O)N(Cc2ccc(F)cc2)C(=O)/C1=C\c1ccc2c(c1)OCO2. The van der Waals surface area contributed by atoms with E-state index in [2.05, 4.69) is 5.32 Å². The summed E-state index contributed by atoms with van der Waals surface area (Å²) in [6.07, 6.45) is 1.38. The van der Waals surface area contributed by atoms with Gasteiger partial charge in [-0.3, -0.25) is 19.8 Å². The maximum atomic E-state index is 13.0. The first-order chi connectivity index (χ1) is 13.0. The molecule has 0 radical (unpaired) electrons. The molecule has 0 atom stereocenters. The Kier molecular flexibility index (Phi) is 4.08. The molecule has 0 saturated carbocycles. The zero-order valence-electron chi connectivity index (χ0n) is 13.9. The monoisotopic (exact) mass is 368 g/mol. The third-order valence-electron chi connectivity index (χ3n) is 4.15. The number of imide groups is 2. The van der Waals surface area contributed by atoms with Crippen molar-refractivity contribution in [1.82, 2.24) is 10.2 Å². The van der Waals surface area contributed by atoms with E-state index in [0.717, 1.165) is 4.90 Å². The van der Waals surface area contributed by atoms with E-state index in [1.54, 1.807) is 18.2 Å². The van der Waals surface area contributed by atoms with Crippen LogP contribution < -0.4 is 14.8 Å². The number of hydrogen-bond donors (Lipinski definition) is 1. The molecule has 2 heterocycles. The van der Waals surface area contributed by atoms with Gasteiger partial charge in [-0.25, -0.2) is 9.18 Å². The van der Waals surface area contributed by atoms with E-state index < -0.39 is 23.7 Å². The zero-order chi connectivity index (χ0) is 19.0. The molecule has 2 aliphatic heterocycles. The molecule has 2 aromatic carbocycles. The minimum absolute atomic E-state index is 0.0866. The molecule has 7 nitrogen and oxygen atoms in total. The summed E-state index contributed by atoms with van der Waals surface area (Å²) in [6, 6.07) is 9.55. The molecule has 0 bridgehead atoms. The van der Waals surface area contributed by atoms with Crippen LogP contribution in [-0.2, 0) is 16.1 Å². The predicted octanol–water partition coefficient (Wildman–Crippen LogP) is 2.22. The number of rotatable bonds is 3. The van der Waals surface area contributed by atoms with Crippen LogP contribution in [0.5, 0.6) is 11.5 Å². The van der Waals surface area contributed by atoms with E-state index in [4.69, 9.17) is 9.47 Å². The van der Waals surface area contributed by atoms with Gasteiger partial charge in [0, 0.05) is 0 Å². The normalized spacial score (nSPS) is 17.4. The van der Waals surface area contributed by atoms with Crippen LogP contribution in [0.25, 0.3) is 6.08 Å². The third kappa shape index (κ3) is 3.24. The predicted molar refractivity (Wildman–Crippen MR) is 91.0 cm³/mol. The van der Waals surface area contributed by atoms with E-state index in [0.29, 0.717) is 22.6 Å². The second-order valence-electron chi connectivity index (χ2n) is 5.95. The molecule has 27 heavy (non-hydrogen) atoms. The number of nitrogens with one attached hydrogen (secondary N) is 1. The molecule has 1 N–H and O–H groups in total. The van der Waals surface area contributed by atoms with Crippen LogP contribution in [0.2, 0.25) is 0 Å².